The van der Waals surface area contributed by atoms with Gasteiger partial charge in [-0.1, -0.05) is 6.07 Å². The van der Waals surface area contributed by atoms with Crippen molar-refractivity contribution in [2.75, 3.05) is 20.2 Å². The maximum absolute atomic E-state index is 14.6. The minimum atomic E-state index is -3.72. The van der Waals surface area contributed by atoms with E-state index in [0.717, 1.165) is 0 Å². The number of ether oxygens (including phenoxy) is 1. The van der Waals surface area contributed by atoms with E-state index in [1.165, 1.54) is 29.6 Å². The number of methoxy groups -OCH3 is 1. The number of piperidine rings is 1. The second-order valence-corrected chi connectivity index (χ2v) is 10.2. The smallest absolute Gasteiger partial charge is 0.243 e. The third-order valence-electron chi connectivity index (χ3n) is 6.02. The van der Waals surface area contributed by atoms with Crippen molar-refractivity contribution in [1.82, 2.24) is 19.2 Å². The number of aromatic nitrogens is 2. The van der Waals surface area contributed by atoms with Gasteiger partial charge >= 0.3 is 0 Å². The van der Waals surface area contributed by atoms with Crippen LogP contribution in [-0.2, 0) is 21.4 Å². The average molecular weight is 487 g/mol. The molecule has 2 heterocycles. The van der Waals surface area contributed by atoms with Gasteiger partial charge in [0.2, 0.25) is 15.9 Å². The third-order valence-corrected chi connectivity index (χ3v) is 7.90. The first-order valence-corrected chi connectivity index (χ1v) is 12.4. The lowest BCUT2D eigenvalue weighted by Gasteiger charge is -2.31. The Balaban J connectivity index is 1.39. The Morgan fingerprint density at radius 3 is 2.65 bits per heavy atom. The van der Waals surface area contributed by atoms with Gasteiger partial charge in [-0.25, -0.2) is 17.8 Å². The molecule has 1 atom stereocenters. The standard InChI is InChI=1S/C24H27FN4O4S/c1-17-26-11-13-29(17)23-10-5-18(14-22(23)25)15-27-24(30)19-4-3-12-28(16-19)34(31,32)21-8-6-20(33-2)7-9-21/h5-11,13-14,19H,3-4,12,15-16H2,1-2H3,(H,27,30). The molecule has 0 radical (unpaired) electrons. The largest absolute Gasteiger partial charge is 0.497 e. The lowest BCUT2D eigenvalue weighted by molar-refractivity contribution is -0.126. The Morgan fingerprint density at radius 1 is 1.24 bits per heavy atom. The molecule has 1 aromatic heterocycles. The van der Waals surface area contributed by atoms with E-state index in [9.17, 15) is 17.6 Å². The number of rotatable bonds is 7. The Kier molecular flexibility index (Phi) is 6.99. The van der Waals surface area contributed by atoms with Crippen LogP contribution in [-0.4, -0.2) is 48.4 Å². The number of aryl methyl sites for hydroxylation is 1. The number of nitrogens with one attached hydrogen (secondary N) is 1. The van der Waals surface area contributed by atoms with Crippen molar-refractivity contribution in [2.24, 2.45) is 5.92 Å². The van der Waals surface area contributed by atoms with Crippen LogP contribution in [0.1, 0.15) is 24.2 Å². The molecule has 3 aromatic rings. The molecule has 1 aliphatic heterocycles. The van der Waals surface area contributed by atoms with Gasteiger partial charge in [-0.15, -0.1) is 0 Å². The lowest BCUT2D eigenvalue weighted by atomic mass is 9.98. The van der Waals surface area contributed by atoms with Gasteiger partial charge in [0.25, 0.3) is 0 Å². The Hall–Kier alpha value is -3.24. The zero-order chi connectivity index (χ0) is 24.3. The minimum Gasteiger partial charge on any atom is -0.497 e. The summed E-state index contributed by atoms with van der Waals surface area (Å²) in [6.07, 6.45) is 4.46. The molecule has 2 aromatic carbocycles. The van der Waals surface area contributed by atoms with Crippen LogP contribution in [0.3, 0.4) is 0 Å². The van der Waals surface area contributed by atoms with Gasteiger partial charge in [0, 0.05) is 32.0 Å². The van der Waals surface area contributed by atoms with Crippen LogP contribution < -0.4 is 10.1 Å². The van der Waals surface area contributed by atoms with Crippen LogP contribution in [0.2, 0.25) is 0 Å². The van der Waals surface area contributed by atoms with Crippen molar-refractivity contribution in [3.63, 3.8) is 0 Å². The van der Waals surface area contributed by atoms with Crippen molar-refractivity contribution in [2.45, 2.75) is 31.2 Å². The van der Waals surface area contributed by atoms with E-state index in [2.05, 4.69) is 10.3 Å². The molecule has 1 unspecified atom stereocenters. The molecule has 34 heavy (non-hydrogen) atoms. The van der Waals surface area contributed by atoms with Crippen LogP contribution in [0.25, 0.3) is 5.69 Å². The van der Waals surface area contributed by atoms with Crippen molar-refractivity contribution >= 4 is 15.9 Å². The minimum absolute atomic E-state index is 0.105. The number of halogens is 1. The van der Waals surface area contributed by atoms with Gasteiger partial charge in [-0.05, 0) is 61.7 Å². The normalized spacial score (nSPS) is 16.9. The number of nitrogens with zero attached hydrogens (tertiary/aromatic N) is 3. The molecule has 1 fully saturated rings. The topological polar surface area (TPSA) is 93.5 Å². The van der Waals surface area contributed by atoms with Crippen LogP contribution >= 0.6 is 0 Å². The zero-order valence-corrected chi connectivity index (χ0v) is 19.9. The first kappa shape index (κ1) is 23.9. The highest BCUT2D eigenvalue weighted by Crippen LogP contribution is 2.25. The van der Waals surface area contributed by atoms with Gasteiger partial charge in [-0.2, -0.15) is 4.31 Å². The van der Waals surface area contributed by atoms with E-state index in [4.69, 9.17) is 4.74 Å². The number of imidazole rings is 1. The molecule has 4 rings (SSSR count). The molecule has 0 saturated carbocycles. The molecule has 10 heteroatoms. The summed E-state index contributed by atoms with van der Waals surface area (Å²) in [5.41, 5.74) is 1.00. The van der Waals surface area contributed by atoms with Gasteiger partial charge < -0.3 is 14.6 Å². The number of benzene rings is 2. The van der Waals surface area contributed by atoms with Gasteiger partial charge in [0.05, 0.1) is 23.6 Å². The molecule has 0 aliphatic carbocycles. The number of carbonyl (C=O) groups excluding carboxylic acids is 1. The quantitative estimate of drug-likeness (QED) is 0.554. The molecule has 1 amide bonds. The second kappa shape index (κ2) is 9.94. The van der Waals surface area contributed by atoms with Crippen molar-refractivity contribution < 1.29 is 22.3 Å². The summed E-state index contributed by atoms with van der Waals surface area (Å²) in [5.74, 6) is 0.109. The van der Waals surface area contributed by atoms with E-state index in [1.807, 2.05) is 0 Å². The fourth-order valence-electron chi connectivity index (χ4n) is 4.09. The van der Waals surface area contributed by atoms with Crippen LogP contribution in [0.5, 0.6) is 5.75 Å². The summed E-state index contributed by atoms with van der Waals surface area (Å²) in [5, 5.41) is 2.83. The molecular formula is C24H27FN4O4S. The SMILES string of the molecule is COc1ccc(S(=O)(=O)N2CCCC(C(=O)NCc3ccc(-n4ccnc4C)c(F)c3)C2)cc1. The van der Waals surface area contributed by atoms with E-state index >= 15 is 0 Å². The number of hydrogen-bond acceptors (Lipinski definition) is 5. The van der Waals surface area contributed by atoms with Crippen molar-refractivity contribution in [3.05, 3.63) is 72.1 Å². The lowest BCUT2D eigenvalue weighted by Crippen LogP contribution is -2.45. The third kappa shape index (κ3) is 4.97. The fourth-order valence-corrected chi connectivity index (χ4v) is 5.62. The van der Waals surface area contributed by atoms with Gasteiger partial charge in [0.1, 0.15) is 17.4 Å². The fraction of sp³-hybridized carbons (Fsp3) is 0.333. The average Bonchev–Trinajstić information content (AvgIpc) is 3.28. The van der Waals surface area contributed by atoms with Crippen LogP contribution in [0.4, 0.5) is 4.39 Å². The van der Waals surface area contributed by atoms with E-state index in [-0.39, 0.29) is 23.9 Å². The number of sulfonamides is 1. The molecule has 1 aliphatic rings. The summed E-state index contributed by atoms with van der Waals surface area (Å²) in [6.45, 7) is 2.41. The Morgan fingerprint density at radius 2 is 2.00 bits per heavy atom. The highest BCUT2D eigenvalue weighted by Gasteiger charge is 2.33. The second-order valence-electron chi connectivity index (χ2n) is 8.23. The molecule has 1 N–H and O–H groups in total. The van der Waals surface area contributed by atoms with E-state index < -0.39 is 21.8 Å². The number of amides is 1. The number of hydrogen-bond donors (Lipinski definition) is 1. The predicted molar refractivity (Wildman–Crippen MR) is 125 cm³/mol. The Bertz CT molecular complexity index is 1270. The number of carbonyl (C=O) groups is 1. The molecule has 180 valence electrons. The molecule has 1 saturated heterocycles. The summed E-state index contributed by atoms with van der Waals surface area (Å²) < 4.78 is 48.8. The van der Waals surface area contributed by atoms with Crippen molar-refractivity contribution in [3.8, 4) is 11.4 Å². The molecular weight excluding hydrogens is 459 g/mol. The summed E-state index contributed by atoms with van der Waals surface area (Å²) in [6, 6.07) is 11.0. The Labute approximate surface area is 198 Å². The van der Waals surface area contributed by atoms with E-state index in [1.54, 1.807) is 48.1 Å². The van der Waals surface area contributed by atoms with Crippen LogP contribution in [0, 0.1) is 18.7 Å². The van der Waals surface area contributed by atoms with Crippen LogP contribution in [0.15, 0.2) is 59.8 Å². The highest BCUT2D eigenvalue weighted by atomic mass is 32.2. The first-order valence-electron chi connectivity index (χ1n) is 11.0. The predicted octanol–water partition coefficient (Wildman–Crippen LogP) is 3.05. The van der Waals surface area contributed by atoms with Gasteiger partial charge in [-0.3, -0.25) is 4.79 Å². The molecule has 0 spiro atoms. The summed E-state index contributed by atoms with van der Waals surface area (Å²) in [4.78, 5) is 17.1. The van der Waals surface area contributed by atoms with Gasteiger partial charge in [0.15, 0.2) is 0 Å². The monoisotopic (exact) mass is 486 g/mol. The summed E-state index contributed by atoms with van der Waals surface area (Å²) >= 11 is 0. The van der Waals surface area contributed by atoms with Crippen molar-refractivity contribution in [1.29, 1.82) is 0 Å². The summed E-state index contributed by atoms with van der Waals surface area (Å²) in [7, 11) is -2.20. The zero-order valence-electron chi connectivity index (χ0n) is 19.1. The first-order chi connectivity index (χ1) is 16.3. The molecule has 0 bridgehead atoms. The maximum Gasteiger partial charge on any atom is 0.243 e. The highest BCUT2D eigenvalue weighted by molar-refractivity contribution is 7.89. The van der Waals surface area contributed by atoms with E-state index in [0.29, 0.717) is 42.2 Å². The molecule has 8 nitrogen and oxygen atoms in total. The maximum atomic E-state index is 14.6.